The first-order valence-electron chi connectivity index (χ1n) is 5.67. The van der Waals surface area contributed by atoms with Crippen molar-refractivity contribution in [3.63, 3.8) is 0 Å². The SMILES string of the molecule is NC1(c2cccc3ccc(F)cc23)CCC1. The van der Waals surface area contributed by atoms with E-state index in [0.29, 0.717) is 0 Å². The molecule has 2 heteroatoms. The van der Waals surface area contributed by atoms with Gasteiger partial charge in [0, 0.05) is 5.54 Å². The van der Waals surface area contributed by atoms with E-state index >= 15 is 0 Å². The Morgan fingerprint density at radius 2 is 1.94 bits per heavy atom. The Morgan fingerprint density at radius 3 is 2.62 bits per heavy atom. The van der Waals surface area contributed by atoms with E-state index in [9.17, 15) is 4.39 Å². The predicted molar refractivity (Wildman–Crippen MR) is 63.6 cm³/mol. The molecule has 1 nitrogen and oxygen atoms in total. The van der Waals surface area contributed by atoms with Crippen molar-refractivity contribution in [1.29, 1.82) is 0 Å². The predicted octanol–water partition coefficient (Wildman–Crippen LogP) is 3.32. The fourth-order valence-electron chi connectivity index (χ4n) is 2.51. The van der Waals surface area contributed by atoms with E-state index in [1.807, 2.05) is 24.3 Å². The van der Waals surface area contributed by atoms with Gasteiger partial charge in [-0.15, -0.1) is 0 Å². The van der Waals surface area contributed by atoms with Crippen LogP contribution >= 0.6 is 0 Å². The maximum absolute atomic E-state index is 13.3. The highest BCUT2D eigenvalue weighted by atomic mass is 19.1. The summed E-state index contributed by atoms with van der Waals surface area (Å²) in [5.74, 6) is -0.192. The summed E-state index contributed by atoms with van der Waals surface area (Å²) in [5.41, 5.74) is 7.18. The Hall–Kier alpha value is -1.41. The molecule has 0 saturated heterocycles. The van der Waals surface area contributed by atoms with Crippen molar-refractivity contribution in [3.8, 4) is 0 Å². The maximum atomic E-state index is 13.3. The molecule has 3 rings (SSSR count). The standard InChI is InChI=1S/C14H14FN/c15-11-6-5-10-3-1-4-13(12(10)9-11)14(16)7-2-8-14/h1,3-6,9H,2,7-8,16H2. The zero-order valence-electron chi connectivity index (χ0n) is 9.04. The molecule has 0 aromatic heterocycles. The molecule has 1 aliphatic rings. The third-order valence-electron chi connectivity index (χ3n) is 3.63. The van der Waals surface area contributed by atoms with Gasteiger partial charge in [-0.3, -0.25) is 0 Å². The Morgan fingerprint density at radius 1 is 1.12 bits per heavy atom. The number of fused-ring (bicyclic) bond motifs is 1. The molecule has 0 spiro atoms. The number of nitrogens with two attached hydrogens (primary N) is 1. The van der Waals surface area contributed by atoms with Gasteiger partial charge in [0.05, 0.1) is 0 Å². The molecule has 0 radical (unpaired) electrons. The van der Waals surface area contributed by atoms with Crippen molar-refractivity contribution in [1.82, 2.24) is 0 Å². The molecule has 16 heavy (non-hydrogen) atoms. The zero-order valence-corrected chi connectivity index (χ0v) is 9.04. The minimum atomic E-state index is -0.229. The summed E-state index contributed by atoms with van der Waals surface area (Å²) in [4.78, 5) is 0. The smallest absolute Gasteiger partial charge is 0.123 e. The number of rotatable bonds is 1. The molecule has 2 N–H and O–H groups in total. The van der Waals surface area contributed by atoms with E-state index in [1.54, 1.807) is 6.07 Å². The normalized spacial score (nSPS) is 18.4. The van der Waals surface area contributed by atoms with Gasteiger partial charge in [0.25, 0.3) is 0 Å². The van der Waals surface area contributed by atoms with Crippen LogP contribution < -0.4 is 5.73 Å². The number of hydrogen-bond acceptors (Lipinski definition) is 1. The molecule has 1 aliphatic carbocycles. The molecular formula is C14H14FN. The average molecular weight is 215 g/mol. The number of benzene rings is 2. The third-order valence-corrected chi connectivity index (χ3v) is 3.63. The summed E-state index contributed by atoms with van der Waals surface area (Å²) in [6.45, 7) is 0. The molecule has 0 aliphatic heterocycles. The molecule has 0 unspecified atom stereocenters. The van der Waals surface area contributed by atoms with Crippen molar-refractivity contribution in [2.75, 3.05) is 0 Å². The van der Waals surface area contributed by atoms with Crippen LogP contribution in [0, 0.1) is 5.82 Å². The topological polar surface area (TPSA) is 26.0 Å². The molecule has 0 bridgehead atoms. The van der Waals surface area contributed by atoms with E-state index in [1.165, 1.54) is 12.5 Å². The molecule has 2 aromatic rings. The molecular weight excluding hydrogens is 201 g/mol. The quantitative estimate of drug-likeness (QED) is 0.776. The largest absolute Gasteiger partial charge is 0.321 e. The minimum Gasteiger partial charge on any atom is -0.321 e. The zero-order chi connectivity index (χ0) is 11.2. The molecule has 0 amide bonds. The first-order chi connectivity index (χ1) is 7.69. The fraction of sp³-hybridized carbons (Fsp3) is 0.286. The van der Waals surface area contributed by atoms with Gasteiger partial charge in [0.1, 0.15) is 5.82 Å². The van der Waals surface area contributed by atoms with Crippen LogP contribution in [0.25, 0.3) is 10.8 Å². The molecule has 0 atom stereocenters. The Balaban J connectivity index is 2.27. The Bertz CT molecular complexity index is 543. The van der Waals surface area contributed by atoms with Crippen LogP contribution in [0.4, 0.5) is 4.39 Å². The van der Waals surface area contributed by atoms with Gasteiger partial charge in [-0.1, -0.05) is 24.3 Å². The van der Waals surface area contributed by atoms with Gasteiger partial charge >= 0.3 is 0 Å². The van der Waals surface area contributed by atoms with Gasteiger partial charge in [0.15, 0.2) is 0 Å². The van der Waals surface area contributed by atoms with Gasteiger partial charge < -0.3 is 5.73 Å². The van der Waals surface area contributed by atoms with E-state index in [4.69, 9.17) is 5.73 Å². The Labute approximate surface area is 94.1 Å². The van der Waals surface area contributed by atoms with Crippen LogP contribution in [-0.4, -0.2) is 0 Å². The van der Waals surface area contributed by atoms with Crippen LogP contribution in [-0.2, 0) is 5.54 Å². The highest BCUT2D eigenvalue weighted by Crippen LogP contribution is 2.41. The van der Waals surface area contributed by atoms with E-state index < -0.39 is 0 Å². The van der Waals surface area contributed by atoms with E-state index in [0.717, 1.165) is 29.2 Å². The van der Waals surface area contributed by atoms with Crippen LogP contribution in [0.15, 0.2) is 36.4 Å². The lowest BCUT2D eigenvalue weighted by atomic mass is 9.71. The lowest BCUT2D eigenvalue weighted by molar-refractivity contribution is 0.256. The lowest BCUT2D eigenvalue weighted by Gasteiger charge is -2.39. The first kappa shape index (κ1) is 9.79. The molecule has 2 aromatic carbocycles. The summed E-state index contributed by atoms with van der Waals surface area (Å²) in [7, 11) is 0. The van der Waals surface area contributed by atoms with Gasteiger partial charge in [-0.05, 0) is 47.7 Å². The van der Waals surface area contributed by atoms with Crippen molar-refractivity contribution < 1.29 is 4.39 Å². The fourth-order valence-corrected chi connectivity index (χ4v) is 2.51. The second-order valence-electron chi connectivity index (χ2n) is 4.68. The summed E-state index contributed by atoms with van der Waals surface area (Å²) < 4.78 is 13.3. The molecule has 1 saturated carbocycles. The monoisotopic (exact) mass is 215 g/mol. The van der Waals surface area contributed by atoms with Gasteiger partial charge in [-0.25, -0.2) is 4.39 Å². The summed E-state index contributed by atoms with van der Waals surface area (Å²) in [5, 5.41) is 2.03. The number of halogens is 1. The minimum absolute atomic E-state index is 0.192. The average Bonchev–Trinajstić information content (AvgIpc) is 2.25. The van der Waals surface area contributed by atoms with Crippen molar-refractivity contribution >= 4 is 10.8 Å². The highest BCUT2D eigenvalue weighted by molar-refractivity contribution is 5.86. The molecule has 0 heterocycles. The van der Waals surface area contributed by atoms with Crippen molar-refractivity contribution in [2.24, 2.45) is 5.73 Å². The Kier molecular flexibility index (Phi) is 2.01. The maximum Gasteiger partial charge on any atom is 0.123 e. The second-order valence-corrected chi connectivity index (χ2v) is 4.68. The van der Waals surface area contributed by atoms with E-state index in [2.05, 4.69) is 0 Å². The van der Waals surface area contributed by atoms with Crippen molar-refractivity contribution in [3.05, 3.63) is 47.8 Å². The summed E-state index contributed by atoms with van der Waals surface area (Å²) in [6, 6.07) is 10.9. The second kappa shape index (κ2) is 3.29. The number of hydrogen-bond donors (Lipinski definition) is 1. The highest BCUT2D eigenvalue weighted by Gasteiger charge is 2.35. The van der Waals surface area contributed by atoms with E-state index in [-0.39, 0.29) is 11.4 Å². The lowest BCUT2D eigenvalue weighted by Crippen LogP contribution is -2.43. The first-order valence-corrected chi connectivity index (χ1v) is 5.67. The third kappa shape index (κ3) is 1.34. The van der Waals surface area contributed by atoms with Crippen LogP contribution in [0.3, 0.4) is 0 Å². The van der Waals surface area contributed by atoms with Gasteiger partial charge in [-0.2, -0.15) is 0 Å². The van der Waals surface area contributed by atoms with Crippen LogP contribution in [0.2, 0.25) is 0 Å². The van der Waals surface area contributed by atoms with Crippen LogP contribution in [0.5, 0.6) is 0 Å². The molecule has 1 fully saturated rings. The van der Waals surface area contributed by atoms with Crippen LogP contribution in [0.1, 0.15) is 24.8 Å². The summed E-state index contributed by atoms with van der Waals surface area (Å²) in [6.07, 6.45) is 3.17. The summed E-state index contributed by atoms with van der Waals surface area (Å²) >= 11 is 0. The van der Waals surface area contributed by atoms with Crippen molar-refractivity contribution in [2.45, 2.75) is 24.8 Å². The van der Waals surface area contributed by atoms with Gasteiger partial charge in [0.2, 0.25) is 0 Å². The molecule has 82 valence electrons.